The average molecular weight is 495 g/mol. The van der Waals surface area contributed by atoms with Crippen molar-refractivity contribution < 1.29 is 18.5 Å². The van der Waals surface area contributed by atoms with Crippen LogP contribution in [0, 0.1) is 0 Å². The molecular formula is C26H23ClN2O4S. The molecule has 3 aromatic carbocycles. The number of hydrogen-bond acceptors (Lipinski definition) is 4. The molecule has 0 aromatic heterocycles. The zero-order chi connectivity index (χ0) is 23.7. The van der Waals surface area contributed by atoms with E-state index >= 15 is 0 Å². The Hall–Kier alpha value is -3.00. The summed E-state index contributed by atoms with van der Waals surface area (Å²) in [5, 5.41) is 3.52. The maximum absolute atomic E-state index is 13.6. The Morgan fingerprint density at radius 2 is 1.88 bits per heavy atom. The highest BCUT2D eigenvalue weighted by atomic mass is 35.5. The number of fused-ring (bicyclic) bond motifs is 2. The van der Waals surface area contributed by atoms with Gasteiger partial charge in [0.05, 0.1) is 44.5 Å². The Bertz CT molecular complexity index is 1270. The minimum atomic E-state index is -1.57. The standard InChI is InChI=1S/C26H23ClN2O4S/c27-19-10-7-17(8-11-19)16-29-22-14-18(25(30)28-15-20-4-3-13-33-20)9-12-24(22)34(32)23-6-2-1-5-21(23)26(29)31/h1-2,5-12,14,20H,3-4,13,15-16H2,(H,28,30)/t20-,34+/m1/s1. The Labute approximate surface area is 205 Å². The lowest BCUT2D eigenvalue weighted by Gasteiger charge is -2.24. The number of rotatable bonds is 5. The quantitative estimate of drug-likeness (QED) is 0.563. The van der Waals surface area contributed by atoms with Gasteiger partial charge in [-0.1, -0.05) is 35.9 Å². The van der Waals surface area contributed by atoms with Crippen molar-refractivity contribution in [1.82, 2.24) is 5.32 Å². The minimum Gasteiger partial charge on any atom is -0.376 e. The number of halogens is 1. The normalized spacial score (nSPS) is 19.3. The van der Waals surface area contributed by atoms with E-state index in [2.05, 4.69) is 5.32 Å². The number of nitrogens with zero attached hydrogens (tertiary/aromatic N) is 1. The summed E-state index contributed by atoms with van der Waals surface area (Å²) < 4.78 is 19.1. The third-order valence-electron chi connectivity index (χ3n) is 6.04. The molecule has 6 nitrogen and oxygen atoms in total. The van der Waals surface area contributed by atoms with Crippen LogP contribution >= 0.6 is 11.6 Å². The van der Waals surface area contributed by atoms with Crippen molar-refractivity contribution in [2.75, 3.05) is 18.1 Å². The van der Waals surface area contributed by atoms with Crippen LogP contribution in [0.5, 0.6) is 0 Å². The summed E-state index contributed by atoms with van der Waals surface area (Å²) in [5.41, 5.74) is 2.10. The molecule has 8 heteroatoms. The molecule has 2 aliphatic rings. The molecule has 174 valence electrons. The van der Waals surface area contributed by atoms with Crippen LogP contribution in [0.15, 0.2) is 76.5 Å². The van der Waals surface area contributed by atoms with Gasteiger partial charge in [0.2, 0.25) is 0 Å². The highest BCUT2D eigenvalue weighted by Gasteiger charge is 2.31. The lowest BCUT2D eigenvalue weighted by molar-refractivity contribution is 0.0857. The van der Waals surface area contributed by atoms with Gasteiger partial charge in [-0.05, 0) is 60.9 Å². The second-order valence-corrected chi connectivity index (χ2v) is 10.2. The second kappa shape index (κ2) is 9.70. The summed E-state index contributed by atoms with van der Waals surface area (Å²) in [6.45, 7) is 1.39. The Kier molecular flexibility index (Phi) is 6.50. The topological polar surface area (TPSA) is 75.7 Å². The molecule has 1 saturated heterocycles. The number of carbonyl (C=O) groups is 2. The van der Waals surface area contributed by atoms with E-state index in [1.165, 1.54) is 0 Å². The number of benzene rings is 3. The van der Waals surface area contributed by atoms with Gasteiger partial charge in [0, 0.05) is 23.7 Å². The van der Waals surface area contributed by atoms with Crippen molar-refractivity contribution in [3.05, 3.63) is 88.4 Å². The van der Waals surface area contributed by atoms with Gasteiger partial charge in [-0.2, -0.15) is 0 Å². The van der Waals surface area contributed by atoms with E-state index in [1.54, 1.807) is 59.5 Å². The first-order valence-electron chi connectivity index (χ1n) is 11.1. The van der Waals surface area contributed by atoms with Gasteiger partial charge in [-0.25, -0.2) is 4.21 Å². The molecule has 2 amide bonds. The van der Waals surface area contributed by atoms with E-state index in [0.717, 1.165) is 18.4 Å². The molecule has 0 spiro atoms. The molecule has 2 heterocycles. The maximum Gasteiger partial charge on any atom is 0.259 e. The summed E-state index contributed by atoms with van der Waals surface area (Å²) in [7, 11) is -1.57. The van der Waals surface area contributed by atoms with Gasteiger partial charge >= 0.3 is 0 Å². The fraction of sp³-hybridized carbons (Fsp3) is 0.231. The molecule has 0 radical (unpaired) electrons. The van der Waals surface area contributed by atoms with Gasteiger partial charge in [-0.15, -0.1) is 0 Å². The number of amides is 2. The fourth-order valence-electron chi connectivity index (χ4n) is 4.25. The third kappa shape index (κ3) is 4.51. The summed E-state index contributed by atoms with van der Waals surface area (Å²) >= 11 is 6.03. The monoisotopic (exact) mass is 494 g/mol. The average Bonchev–Trinajstić information content (AvgIpc) is 3.37. The molecule has 0 unspecified atom stereocenters. The van der Waals surface area contributed by atoms with Crippen LogP contribution in [-0.2, 0) is 22.1 Å². The Morgan fingerprint density at radius 3 is 2.65 bits per heavy atom. The number of nitrogens with one attached hydrogen (secondary N) is 1. The van der Waals surface area contributed by atoms with Crippen LogP contribution in [-0.4, -0.2) is 35.3 Å². The number of ether oxygens (including phenoxy) is 1. The zero-order valence-corrected chi connectivity index (χ0v) is 19.9. The van der Waals surface area contributed by atoms with E-state index in [1.807, 2.05) is 12.1 Å². The highest BCUT2D eigenvalue weighted by molar-refractivity contribution is 7.85. The molecule has 1 fully saturated rings. The molecule has 1 N–H and O–H groups in total. The van der Waals surface area contributed by atoms with Crippen LogP contribution in [0.1, 0.15) is 39.1 Å². The molecule has 3 aromatic rings. The highest BCUT2D eigenvalue weighted by Crippen LogP contribution is 2.36. The summed E-state index contributed by atoms with van der Waals surface area (Å²) in [6.07, 6.45) is 1.94. The van der Waals surface area contributed by atoms with Crippen molar-refractivity contribution >= 4 is 39.9 Å². The van der Waals surface area contributed by atoms with Gasteiger partial charge in [0.1, 0.15) is 0 Å². The minimum absolute atomic E-state index is 0.0229. The third-order valence-corrected chi connectivity index (χ3v) is 7.79. The number of carbonyl (C=O) groups excluding carboxylic acids is 2. The zero-order valence-electron chi connectivity index (χ0n) is 18.3. The summed E-state index contributed by atoms with van der Waals surface area (Å²) in [5.74, 6) is -0.528. The van der Waals surface area contributed by atoms with E-state index in [-0.39, 0.29) is 24.5 Å². The lowest BCUT2D eigenvalue weighted by atomic mass is 10.1. The maximum atomic E-state index is 13.6. The molecule has 5 rings (SSSR count). The van der Waals surface area contributed by atoms with E-state index in [4.69, 9.17) is 16.3 Å². The van der Waals surface area contributed by atoms with Crippen molar-refractivity contribution in [2.24, 2.45) is 0 Å². The van der Waals surface area contributed by atoms with Crippen molar-refractivity contribution in [2.45, 2.75) is 35.3 Å². The first-order valence-corrected chi connectivity index (χ1v) is 12.6. The summed E-state index contributed by atoms with van der Waals surface area (Å²) in [6, 6.07) is 19.1. The van der Waals surface area contributed by atoms with Crippen LogP contribution in [0.25, 0.3) is 0 Å². The van der Waals surface area contributed by atoms with Crippen molar-refractivity contribution in [1.29, 1.82) is 0 Å². The fourth-order valence-corrected chi connectivity index (χ4v) is 5.72. The molecular weight excluding hydrogens is 472 g/mol. The molecule has 0 bridgehead atoms. The van der Waals surface area contributed by atoms with Crippen LogP contribution in [0.4, 0.5) is 5.69 Å². The molecule has 34 heavy (non-hydrogen) atoms. The van der Waals surface area contributed by atoms with Gasteiger partial charge in [0.25, 0.3) is 11.8 Å². The number of anilines is 1. The predicted octanol–water partition coefficient (Wildman–Crippen LogP) is 4.58. The van der Waals surface area contributed by atoms with Crippen molar-refractivity contribution in [3.63, 3.8) is 0 Å². The smallest absolute Gasteiger partial charge is 0.259 e. The SMILES string of the molecule is O=C(NC[C@H]1CCCO1)c1ccc2c(c1)N(Cc1ccc(Cl)cc1)C(=O)c1ccccc1[S@@]2=O. The van der Waals surface area contributed by atoms with E-state index in [9.17, 15) is 13.8 Å². The van der Waals surface area contributed by atoms with E-state index in [0.29, 0.717) is 44.8 Å². The van der Waals surface area contributed by atoms with Crippen LogP contribution in [0.3, 0.4) is 0 Å². The van der Waals surface area contributed by atoms with Crippen molar-refractivity contribution in [3.8, 4) is 0 Å². The van der Waals surface area contributed by atoms with Crippen LogP contribution < -0.4 is 10.2 Å². The molecule has 2 aliphatic heterocycles. The summed E-state index contributed by atoms with van der Waals surface area (Å²) in [4.78, 5) is 29.1. The molecule has 0 saturated carbocycles. The predicted molar refractivity (Wildman–Crippen MR) is 131 cm³/mol. The Balaban J connectivity index is 1.53. The van der Waals surface area contributed by atoms with Gasteiger partial charge in [0.15, 0.2) is 0 Å². The molecule has 2 atom stereocenters. The van der Waals surface area contributed by atoms with Crippen LogP contribution in [0.2, 0.25) is 5.02 Å². The van der Waals surface area contributed by atoms with Gasteiger partial charge in [-0.3, -0.25) is 9.59 Å². The second-order valence-electron chi connectivity index (χ2n) is 8.31. The first-order chi connectivity index (χ1) is 16.5. The first kappa shape index (κ1) is 22.8. The van der Waals surface area contributed by atoms with Gasteiger partial charge < -0.3 is 15.0 Å². The lowest BCUT2D eigenvalue weighted by Crippen LogP contribution is -2.33. The molecule has 0 aliphatic carbocycles. The Morgan fingerprint density at radius 1 is 1.09 bits per heavy atom. The van der Waals surface area contributed by atoms with E-state index < -0.39 is 10.8 Å². The number of hydrogen-bond donors (Lipinski definition) is 1. The largest absolute Gasteiger partial charge is 0.376 e.